The van der Waals surface area contributed by atoms with Gasteiger partial charge < -0.3 is 34.6 Å². The average molecular weight is 511 g/mol. The lowest BCUT2D eigenvalue weighted by Gasteiger charge is -2.40. The summed E-state index contributed by atoms with van der Waals surface area (Å²) in [6.07, 6.45) is -0.717. The smallest absolute Gasteiger partial charge is 0.253 e. The number of benzene rings is 1. The van der Waals surface area contributed by atoms with Crippen LogP contribution in [0.15, 0.2) is 30.5 Å². The summed E-state index contributed by atoms with van der Waals surface area (Å²) in [5, 5.41) is 38.9. The third-order valence-corrected chi connectivity index (χ3v) is 7.73. The summed E-state index contributed by atoms with van der Waals surface area (Å²) in [7, 11) is 1.57. The highest BCUT2D eigenvalue weighted by atomic mass is 16.5. The number of ether oxygens (including phenoxy) is 2. The summed E-state index contributed by atoms with van der Waals surface area (Å²) >= 11 is 0. The van der Waals surface area contributed by atoms with Gasteiger partial charge in [-0.25, -0.2) is 4.98 Å². The Morgan fingerprint density at radius 3 is 2.59 bits per heavy atom. The molecule has 4 rings (SSSR count). The number of nitrogens with zero attached hydrogens (tertiary/aromatic N) is 4. The van der Waals surface area contributed by atoms with Crippen molar-refractivity contribution in [2.75, 3.05) is 44.8 Å². The van der Waals surface area contributed by atoms with E-state index >= 15 is 0 Å². The molecule has 10 heteroatoms. The summed E-state index contributed by atoms with van der Waals surface area (Å²) in [6, 6.07) is 9.65. The SMILES string of the molecule is COc1ccc([C@@H]2CN(C(=O)[C@@H](O)CO)C[C@@]2(C)[C@@H](C)O)cc1OC1CN(c2cc(C)c(C#N)cn2)C1. The molecular formula is C27H34N4O6. The van der Waals surface area contributed by atoms with Crippen LogP contribution in [0.3, 0.4) is 0 Å². The lowest BCUT2D eigenvalue weighted by Crippen LogP contribution is -2.54. The molecule has 0 bridgehead atoms. The van der Waals surface area contributed by atoms with Crippen LogP contribution in [-0.2, 0) is 4.79 Å². The zero-order chi connectivity index (χ0) is 26.9. The fourth-order valence-electron chi connectivity index (χ4n) is 5.09. The van der Waals surface area contributed by atoms with Crippen LogP contribution in [0.5, 0.6) is 11.5 Å². The Balaban J connectivity index is 1.52. The first-order valence-electron chi connectivity index (χ1n) is 12.3. The highest BCUT2D eigenvalue weighted by Gasteiger charge is 2.49. The molecule has 2 aliphatic heterocycles. The third kappa shape index (κ3) is 5.07. The van der Waals surface area contributed by atoms with Crippen LogP contribution in [0.4, 0.5) is 5.82 Å². The van der Waals surface area contributed by atoms with E-state index in [1.165, 1.54) is 4.90 Å². The van der Waals surface area contributed by atoms with Gasteiger partial charge in [0.2, 0.25) is 0 Å². The van der Waals surface area contributed by atoms with Crippen molar-refractivity contribution in [2.24, 2.45) is 5.41 Å². The Labute approximate surface area is 216 Å². The number of anilines is 1. The molecule has 0 unspecified atom stereocenters. The zero-order valence-corrected chi connectivity index (χ0v) is 21.6. The van der Waals surface area contributed by atoms with Gasteiger partial charge >= 0.3 is 0 Å². The minimum atomic E-state index is -1.48. The Morgan fingerprint density at radius 2 is 2.00 bits per heavy atom. The van der Waals surface area contributed by atoms with Crippen LogP contribution in [0.25, 0.3) is 0 Å². The Morgan fingerprint density at radius 1 is 1.27 bits per heavy atom. The second kappa shape index (κ2) is 10.5. The van der Waals surface area contributed by atoms with E-state index in [9.17, 15) is 20.1 Å². The molecule has 2 saturated heterocycles. The summed E-state index contributed by atoms with van der Waals surface area (Å²) in [5.41, 5.74) is 1.65. The summed E-state index contributed by atoms with van der Waals surface area (Å²) in [4.78, 5) is 20.5. The van der Waals surface area contributed by atoms with Crippen LogP contribution >= 0.6 is 0 Å². The number of aryl methyl sites for hydroxylation is 1. The molecule has 0 spiro atoms. The van der Waals surface area contributed by atoms with E-state index in [-0.39, 0.29) is 18.6 Å². The minimum absolute atomic E-state index is 0.0913. The molecule has 4 atom stereocenters. The molecule has 37 heavy (non-hydrogen) atoms. The number of aromatic nitrogens is 1. The lowest BCUT2D eigenvalue weighted by molar-refractivity contribution is -0.141. The van der Waals surface area contributed by atoms with Crippen molar-refractivity contribution >= 4 is 11.7 Å². The van der Waals surface area contributed by atoms with E-state index in [2.05, 4.69) is 16.0 Å². The summed E-state index contributed by atoms with van der Waals surface area (Å²) < 4.78 is 11.8. The van der Waals surface area contributed by atoms with Crippen molar-refractivity contribution in [2.45, 2.75) is 45.0 Å². The Bertz CT molecular complexity index is 1190. The molecule has 0 aliphatic carbocycles. The van der Waals surface area contributed by atoms with Gasteiger partial charge in [-0.05, 0) is 43.2 Å². The van der Waals surface area contributed by atoms with Crippen LogP contribution in [0, 0.1) is 23.7 Å². The predicted octanol–water partition coefficient (Wildman–Crippen LogP) is 1.20. The molecule has 2 fully saturated rings. The first-order chi connectivity index (χ1) is 17.6. The molecule has 198 valence electrons. The number of aliphatic hydroxyl groups excluding tert-OH is 3. The summed E-state index contributed by atoms with van der Waals surface area (Å²) in [5.74, 6) is 1.17. The molecule has 2 aliphatic rings. The van der Waals surface area contributed by atoms with Crippen molar-refractivity contribution in [1.82, 2.24) is 9.88 Å². The van der Waals surface area contributed by atoms with Crippen molar-refractivity contribution in [3.63, 3.8) is 0 Å². The van der Waals surface area contributed by atoms with Gasteiger partial charge in [-0.15, -0.1) is 0 Å². The fraction of sp³-hybridized carbons (Fsp3) is 0.519. The number of nitriles is 1. The first-order valence-corrected chi connectivity index (χ1v) is 12.3. The molecule has 1 amide bonds. The van der Waals surface area contributed by atoms with Crippen LogP contribution < -0.4 is 14.4 Å². The van der Waals surface area contributed by atoms with Crippen LogP contribution in [0.1, 0.15) is 36.5 Å². The van der Waals surface area contributed by atoms with Gasteiger partial charge in [-0.3, -0.25) is 4.79 Å². The van der Waals surface area contributed by atoms with Crippen molar-refractivity contribution in [1.29, 1.82) is 5.26 Å². The molecular weight excluding hydrogens is 476 g/mol. The van der Waals surface area contributed by atoms with E-state index in [1.807, 2.05) is 38.1 Å². The molecule has 3 N–H and O–H groups in total. The third-order valence-electron chi connectivity index (χ3n) is 7.73. The lowest BCUT2D eigenvalue weighted by atomic mass is 9.72. The van der Waals surface area contributed by atoms with Gasteiger partial charge in [0.1, 0.15) is 18.0 Å². The van der Waals surface area contributed by atoms with Gasteiger partial charge in [0.15, 0.2) is 17.6 Å². The molecule has 10 nitrogen and oxygen atoms in total. The number of carbonyl (C=O) groups excluding carboxylic acids is 1. The summed E-state index contributed by atoms with van der Waals surface area (Å²) in [6.45, 7) is 6.66. The van der Waals surface area contributed by atoms with Gasteiger partial charge in [0.05, 0.1) is 38.5 Å². The number of hydrogen-bond donors (Lipinski definition) is 3. The molecule has 2 aromatic rings. The maximum atomic E-state index is 12.6. The zero-order valence-electron chi connectivity index (χ0n) is 21.6. The second-order valence-electron chi connectivity index (χ2n) is 10.2. The molecule has 0 radical (unpaired) electrons. The Hall–Kier alpha value is -3.39. The number of likely N-dealkylation sites (tertiary alicyclic amines) is 1. The average Bonchev–Trinajstić information content (AvgIpc) is 3.23. The maximum absolute atomic E-state index is 12.6. The van der Waals surface area contributed by atoms with E-state index in [1.54, 1.807) is 20.2 Å². The van der Waals surface area contributed by atoms with Gasteiger partial charge in [0.25, 0.3) is 5.91 Å². The second-order valence-corrected chi connectivity index (χ2v) is 10.2. The van der Waals surface area contributed by atoms with Crippen molar-refractivity contribution in [3.05, 3.63) is 47.2 Å². The molecule has 1 aromatic heterocycles. The normalized spacial score (nSPS) is 23.2. The molecule has 1 aromatic carbocycles. The quantitative estimate of drug-likeness (QED) is 0.478. The van der Waals surface area contributed by atoms with E-state index < -0.39 is 30.1 Å². The topological polar surface area (TPSA) is 139 Å². The van der Waals surface area contributed by atoms with Crippen molar-refractivity contribution < 1.29 is 29.6 Å². The number of rotatable bonds is 8. The maximum Gasteiger partial charge on any atom is 0.253 e. The predicted molar refractivity (Wildman–Crippen MR) is 136 cm³/mol. The van der Waals surface area contributed by atoms with Crippen LogP contribution in [0.2, 0.25) is 0 Å². The number of pyridine rings is 1. The van der Waals surface area contributed by atoms with Gasteiger partial charge in [0, 0.05) is 30.6 Å². The van der Waals surface area contributed by atoms with Crippen LogP contribution in [-0.4, -0.2) is 89.3 Å². The highest BCUT2D eigenvalue weighted by Crippen LogP contribution is 2.47. The van der Waals surface area contributed by atoms with Gasteiger partial charge in [-0.1, -0.05) is 13.0 Å². The monoisotopic (exact) mass is 510 g/mol. The number of amides is 1. The van der Waals surface area contributed by atoms with Crippen molar-refractivity contribution in [3.8, 4) is 17.6 Å². The Kier molecular flexibility index (Phi) is 7.59. The van der Waals surface area contributed by atoms with E-state index in [4.69, 9.17) is 14.7 Å². The number of aliphatic hydroxyl groups is 3. The molecule has 0 saturated carbocycles. The minimum Gasteiger partial charge on any atom is -0.493 e. The fourth-order valence-corrected chi connectivity index (χ4v) is 5.09. The number of methoxy groups -OCH3 is 1. The largest absolute Gasteiger partial charge is 0.493 e. The van der Waals surface area contributed by atoms with Gasteiger partial charge in [-0.2, -0.15) is 5.26 Å². The number of carbonyl (C=O) groups is 1. The van der Waals surface area contributed by atoms with E-state index in [0.29, 0.717) is 36.7 Å². The van der Waals surface area contributed by atoms with E-state index in [0.717, 1.165) is 16.9 Å². The first kappa shape index (κ1) is 26.7. The molecule has 3 heterocycles. The number of hydrogen-bond acceptors (Lipinski definition) is 9. The highest BCUT2D eigenvalue weighted by molar-refractivity contribution is 5.81. The standard InChI is InChI=1S/C27H34N4O6/c1-16-7-25(29-10-19(16)9-28)30-11-20(12-30)37-24-8-18(5-6-23(24)36-4)21-13-31(26(35)22(34)14-32)15-27(21,3)17(2)33/h5-8,10,17,20-22,32-34H,11-15H2,1-4H3/t17-,21+,22+,27+/m1/s1.